The summed E-state index contributed by atoms with van der Waals surface area (Å²) < 4.78 is 0. The molecule has 3 nitrogen and oxygen atoms in total. The lowest BCUT2D eigenvalue weighted by Gasteiger charge is -2.14. The lowest BCUT2D eigenvalue weighted by molar-refractivity contribution is 0.0941. The monoisotopic (exact) mass is 298 g/mol. The van der Waals surface area contributed by atoms with Gasteiger partial charge in [0.25, 0.3) is 5.91 Å². The Bertz CT molecular complexity index is 777. The van der Waals surface area contributed by atoms with Crippen LogP contribution in [0.25, 0.3) is 10.9 Å². The Morgan fingerprint density at radius 3 is 2.62 bits per heavy atom. The van der Waals surface area contributed by atoms with Crippen LogP contribution in [0.1, 0.15) is 28.9 Å². The molecule has 0 aliphatic carbocycles. The minimum atomic E-state index is -0.0881. The van der Waals surface area contributed by atoms with E-state index in [0.29, 0.717) is 10.6 Å². The maximum Gasteiger partial charge on any atom is 0.253 e. The van der Waals surface area contributed by atoms with Crippen LogP contribution in [-0.2, 0) is 0 Å². The number of nitrogens with one attached hydrogen (secondary N) is 2. The Labute approximate surface area is 127 Å². The smallest absolute Gasteiger partial charge is 0.253 e. The zero-order valence-corrected chi connectivity index (χ0v) is 12.3. The standard InChI is InChI=1S/C17H15ClN2O/c1-11(12-6-8-13(18)9-7-12)20-17(21)15-10-19-16-5-3-2-4-14(15)16/h2-11,19H,1H3,(H,20,21). The number of hydrogen-bond donors (Lipinski definition) is 2. The number of fused-ring (bicyclic) bond motifs is 1. The number of aromatic amines is 1. The summed E-state index contributed by atoms with van der Waals surface area (Å²) in [4.78, 5) is 15.5. The molecule has 1 heterocycles. The fraction of sp³-hybridized carbons (Fsp3) is 0.118. The molecular weight excluding hydrogens is 284 g/mol. The van der Waals surface area contributed by atoms with Gasteiger partial charge in [-0.2, -0.15) is 0 Å². The number of aromatic nitrogens is 1. The van der Waals surface area contributed by atoms with Crippen molar-refractivity contribution in [1.29, 1.82) is 0 Å². The second-order valence-corrected chi connectivity index (χ2v) is 5.43. The Morgan fingerprint density at radius 2 is 1.86 bits per heavy atom. The summed E-state index contributed by atoms with van der Waals surface area (Å²) in [5, 5.41) is 4.63. The normalized spacial score (nSPS) is 12.3. The predicted molar refractivity (Wildman–Crippen MR) is 85.6 cm³/mol. The molecule has 1 amide bonds. The van der Waals surface area contributed by atoms with E-state index < -0.39 is 0 Å². The average Bonchev–Trinajstić information content (AvgIpc) is 2.92. The molecule has 0 aliphatic rings. The van der Waals surface area contributed by atoms with Gasteiger partial charge in [-0.1, -0.05) is 41.9 Å². The molecule has 1 atom stereocenters. The second kappa shape index (κ2) is 5.62. The zero-order valence-electron chi connectivity index (χ0n) is 11.6. The van der Waals surface area contributed by atoms with Gasteiger partial charge in [0.05, 0.1) is 11.6 Å². The van der Waals surface area contributed by atoms with Gasteiger partial charge in [-0.3, -0.25) is 4.79 Å². The first-order valence-electron chi connectivity index (χ1n) is 6.77. The van der Waals surface area contributed by atoms with Gasteiger partial charge in [-0.15, -0.1) is 0 Å². The van der Waals surface area contributed by atoms with E-state index in [1.165, 1.54) is 0 Å². The Morgan fingerprint density at radius 1 is 1.14 bits per heavy atom. The van der Waals surface area contributed by atoms with Crippen LogP contribution in [0.5, 0.6) is 0 Å². The van der Waals surface area contributed by atoms with Crippen molar-refractivity contribution in [3.63, 3.8) is 0 Å². The van der Waals surface area contributed by atoms with Crippen molar-refractivity contribution in [3.8, 4) is 0 Å². The molecule has 2 N–H and O–H groups in total. The van der Waals surface area contributed by atoms with Crippen molar-refractivity contribution in [2.24, 2.45) is 0 Å². The number of carbonyl (C=O) groups excluding carboxylic acids is 1. The van der Waals surface area contributed by atoms with Gasteiger partial charge in [-0.05, 0) is 30.7 Å². The fourth-order valence-electron chi connectivity index (χ4n) is 2.37. The lowest BCUT2D eigenvalue weighted by Crippen LogP contribution is -2.26. The Kier molecular flexibility index (Phi) is 3.67. The first-order chi connectivity index (χ1) is 10.1. The number of H-pyrrole nitrogens is 1. The first-order valence-corrected chi connectivity index (χ1v) is 7.15. The molecular formula is C17H15ClN2O. The molecule has 3 aromatic rings. The summed E-state index contributed by atoms with van der Waals surface area (Å²) >= 11 is 5.88. The van der Waals surface area contributed by atoms with Crippen molar-refractivity contribution in [2.45, 2.75) is 13.0 Å². The van der Waals surface area contributed by atoms with Crippen LogP contribution in [0.4, 0.5) is 0 Å². The highest BCUT2D eigenvalue weighted by molar-refractivity contribution is 6.30. The number of halogens is 1. The molecule has 0 fully saturated rings. The molecule has 0 radical (unpaired) electrons. The maximum atomic E-state index is 12.4. The number of amides is 1. The number of para-hydroxylation sites is 1. The Balaban J connectivity index is 1.81. The quantitative estimate of drug-likeness (QED) is 0.743. The van der Waals surface area contributed by atoms with Crippen molar-refractivity contribution < 1.29 is 4.79 Å². The topological polar surface area (TPSA) is 44.9 Å². The van der Waals surface area contributed by atoms with Gasteiger partial charge in [0.1, 0.15) is 0 Å². The number of carbonyl (C=O) groups is 1. The molecule has 2 aromatic carbocycles. The van der Waals surface area contributed by atoms with Crippen LogP contribution in [0.2, 0.25) is 5.02 Å². The summed E-state index contributed by atoms with van der Waals surface area (Å²) in [5.41, 5.74) is 2.64. The van der Waals surface area contributed by atoms with Gasteiger partial charge < -0.3 is 10.3 Å². The minimum Gasteiger partial charge on any atom is -0.360 e. The summed E-state index contributed by atoms with van der Waals surface area (Å²) in [6.07, 6.45) is 1.74. The third kappa shape index (κ3) is 2.78. The molecule has 0 saturated carbocycles. The van der Waals surface area contributed by atoms with Crippen LogP contribution < -0.4 is 5.32 Å². The van der Waals surface area contributed by atoms with Crippen LogP contribution in [-0.4, -0.2) is 10.9 Å². The summed E-state index contributed by atoms with van der Waals surface area (Å²) in [6, 6.07) is 15.2. The largest absolute Gasteiger partial charge is 0.360 e. The number of benzene rings is 2. The molecule has 0 saturated heterocycles. The van der Waals surface area contributed by atoms with Gasteiger partial charge in [0.15, 0.2) is 0 Å². The molecule has 3 rings (SSSR count). The third-order valence-electron chi connectivity index (χ3n) is 3.55. The minimum absolute atomic E-state index is 0.0802. The molecule has 1 unspecified atom stereocenters. The van der Waals surface area contributed by atoms with E-state index in [1.54, 1.807) is 6.20 Å². The molecule has 0 aliphatic heterocycles. The molecule has 21 heavy (non-hydrogen) atoms. The predicted octanol–water partition coefficient (Wildman–Crippen LogP) is 4.31. The van der Waals surface area contributed by atoms with E-state index in [9.17, 15) is 4.79 Å². The van der Waals surface area contributed by atoms with E-state index in [2.05, 4.69) is 10.3 Å². The highest BCUT2D eigenvalue weighted by atomic mass is 35.5. The van der Waals surface area contributed by atoms with Gasteiger partial charge in [0, 0.05) is 22.1 Å². The SMILES string of the molecule is CC(NC(=O)c1c[nH]c2ccccc12)c1ccc(Cl)cc1. The molecule has 1 aromatic heterocycles. The van der Waals surface area contributed by atoms with Crippen molar-refractivity contribution in [1.82, 2.24) is 10.3 Å². The van der Waals surface area contributed by atoms with Gasteiger partial charge in [-0.25, -0.2) is 0 Å². The molecule has 0 spiro atoms. The molecule has 106 valence electrons. The second-order valence-electron chi connectivity index (χ2n) is 4.99. The maximum absolute atomic E-state index is 12.4. The van der Waals surface area contributed by atoms with Crippen LogP contribution in [0, 0.1) is 0 Å². The molecule has 4 heteroatoms. The zero-order chi connectivity index (χ0) is 14.8. The summed E-state index contributed by atoms with van der Waals surface area (Å²) in [6.45, 7) is 1.95. The summed E-state index contributed by atoms with van der Waals surface area (Å²) in [7, 11) is 0. The number of hydrogen-bond acceptors (Lipinski definition) is 1. The van der Waals surface area contributed by atoms with Crippen molar-refractivity contribution >= 4 is 28.4 Å². The van der Waals surface area contributed by atoms with E-state index in [0.717, 1.165) is 16.5 Å². The Hall–Kier alpha value is -2.26. The van der Waals surface area contributed by atoms with E-state index in [1.807, 2.05) is 55.5 Å². The summed E-state index contributed by atoms with van der Waals surface area (Å²) in [5.74, 6) is -0.0881. The van der Waals surface area contributed by atoms with Crippen molar-refractivity contribution in [2.75, 3.05) is 0 Å². The highest BCUT2D eigenvalue weighted by Gasteiger charge is 2.14. The third-order valence-corrected chi connectivity index (χ3v) is 3.80. The van der Waals surface area contributed by atoms with E-state index in [-0.39, 0.29) is 11.9 Å². The lowest BCUT2D eigenvalue weighted by atomic mass is 10.1. The van der Waals surface area contributed by atoms with Gasteiger partial charge >= 0.3 is 0 Å². The highest BCUT2D eigenvalue weighted by Crippen LogP contribution is 2.20. The number of rotatable bonds is 3. The first kappa shape index (κ1) is 13.7. The van der Waals surface area contributed by atoms with Crippen LogP contribution >= 0.6 is 11.6 Å². The fourth-order valence-corrected chi connectivity index (χ4v) is 2.49. The average molecular weight is 299 g/mol. The molecule has 0 bridgehead atoms. The van der Waals surface area contributed by atoms with Crippen LogP contribution in [0.3, 0.4) is 0 Å². The van der Waals surface area contributed by atoms with E-state index in [4.69, 9.17) is 11.6 Å². The van der Waals surface area contributed by atoms with Crippen molar-refractivity contribution in [3.05, 3.63) is 70.9 Å². The van der Waals surface area contributed by atoms with E-state index >= 15 is 0 Å². The van der Waals surface area contributed by atoms with Crippen LogP contribution in [0.15, 0.2) is 54.7 Å². The van der Waals surface area contributed by atoms with Gasteiger partial charge in [0.2, 0.25) is 0 Å².